The summed E-state index contributed by atoms with van der Waals surface area (Å²) in [4.78, 5) is 13.5. The molecule has 0 aromatic carbocycles. The average Bonchev–Trinajstić information content (AvgIpc) is 2.49. The third kappa shape index (κ3) is 3.11. The Morgan fingerprint density at radius 2 is 2.05 bits per heavy atom. The van der Waals surface area contributed by atoms with E-state index in [1.807, 2.05) is 6.20 Å². The van der Waals surface area contributed by atoms with Gasteiger partial charge in [0.15, 0.2) is 0 Å². The molecule has 2 fully saturated rings. The number of likely N-dealkylation sites (tertiary alicyclic amines) is 1. The highest BCUT2D eigenvalue weighted by atomic mass is 16.5. The molecule has 0 unspecified atom stereocenters. The van der Waals surface area contributed by atoms with E-state index < -0.39 is 0 Å². The molecule has 0 N–H and O–H groups in total. The first-order chi connectivity index (χ1) is 9.33. The van der Waals surface area contributed by atoms with Crippen LogP contribution in [0.3, 0.4) is 0 Å². The molecule has 3 heterocycles. The van der Waals surface area contributed by atoms with E-state index in [4.69, 9.17) is 4.74 Å². The fourth-order valence-corrected chi connectivity index (χ4v) is 3.02. The van der Waals surface area contributed by atoms with Gasteiger partial charge in [-0.15, -0.1) is 0 Å². The second-order valence-corrected chi connectivity index (χ2v) is 5.52. The number of morpholine rings is 1. The maximum atomic E-state index is 5.85. The number of rotatable bonds is 2. The molecule has 1 aromatic rings. The van der Waals surface area contributed by atoms with E-state index in [2.05, 4.69) is 26.8 Å². The summed E-state index contributed by atoms with van der Waals surface area (Å²) in [6.45, 7) is 5.21. The third-order valence-corrected chi connectivity index (χ3v) is 4.22. The van der Waals surface area contributed by atoms with E-state index in [-0.39, 0.29) is 6.10 Å². The minimum Gasteiger partial charge on any atom is -0.369 e. The molecule has 0 spiro atoms. The lowest BCUT2D eigenvalue weighted by Gasteiger charge is -2.41. The van der Waals surface area contributed by atoms with Gasteiger partial charge in [0.1, 0.15) is 6.10 Å². The summed E-state index contributed by atoms with van der Waals surface area (Å²) in [6.07, 6.45) is 7.90. The van der Waals surface area contributed by atoms with Crippen molar-refractivity contribution in [3.63, 3.8) is 0 Å². The summed E-state index contributed by atoms with van der Waals surface area (Å²) < 4.78 is 5.85. The highest BCUT2D eigenvalue weighted by Gasteiger charge is 2.29. The molecule has 2 aliphatic rings. The van der Waals surface area contributed by atoms with Crippen LogP contribution in [-0.4, -0.2) is 65.6 Å². The summed E-state index contributed by atoms with van der Waals surface area (Å²) in [7, 11) is 2.21. The van der Waals surface area contributed by atoms with Gasteiger partial charge in [0, 0.05) is 31.5 Å². The Labute approximate surface area is 114 Å². The molecule has 19 heavy (non-hydrogen) atoms. The van der Waals surface area contributed by atoms with Gasteiger partial charge in [-0.2, -0.15) is 0 Å². The highest BCUT2D eigenvalue weighted by molar-refractivity contribution is 5.02. The average molecular weight is 262 g/mol. The number of ether oxygens (including phenoxy) is 1. The Morgan fingerprint density at radius 3 is 2.79 bits per heavy atom. The van der Waals surface area contributed by atoms with Crippen molar-refractivity contribution in [2.45, 2.75) is 25.0 Å². The first-order valence-electron chi connectivity index (χ1n) is 7.13. The molecule has 0 amide bonds. The molecule has 0 radical (unpaired) electrons. The minimum absolute atomic E-state index is 0.0853. The van der Waals surface area contributed by atoms with Crippen LogP contribution >= 0.6 is 0 Å². The molecule has 0 saturated carbocycles. The molecule has 2 aliphatic heterocycles. The van der Waals surface area contributed by atoms with Crippen LogP contribution in [0.2, 0.25) is 0 Å². The fourth-order valence-electron chi connectivity index (χ4n) is 3.02. The zero-order valence-electron chi connectivity index (χ0n) is 11.5. The molecule has 0 bridgehead atoms. The lowest BCUT2D eigenvalue weighted by Crippen LogP contribution is -2.49. The zero-order valence-corrected chi connectivity index (χ0v) is 11.5. The molecular weight excluding hydrogens is 240 g/mol. The molecule has 2 saturated heterocycles. The standard InChI is InChI=1S/C14H22N4O/c1-17-6-2-12(3-7-17)18-8-9-19-14(11-18)13-10-15-4-5-16-13/h4-5,10,12,14H,2-3,6-9,11H2,1H3/t14-/m1/s1. The van der Waals surface area contributed by atoms with E-state index in [0.717, 1.165) is 25.4 Å². The summed E-state index contributed by atoms with van der Waals surface area (Å²) in [6, 6.07) is 0.708. The van der Waals surface area contributed by atoms with E-state index in [0.29, 0.717) is 6.04 Å². The largest absolute Gasteiger partial charge is 0.369 e. The van der Waals surface area contributed by atoms with Crippen LogP contribution in [0.4, 0.5) is 0 Å². The SMILES string of the molecule is CN1CCC(N2CCO[C@@H](c3cnccn3)C2)CC1. The molecule has 1 atom stereocenters. The van der Waals surface area contributed by atoms with Crippen molar-refractivity contribution >= 4 is 0 Å². The number of nitrogens with zero attached hydrogens (tertiary/aromatic N) is 4. The third-order valence-electron chi connectivity index (χ3n) is 4.22. The van der Waals surface area contributed by atoms with Crippen molar-refractivity contribution in [3.05, 3.63) is 24.3 Å². The van der Waals surface area contributed by atoms with Crippen LogP contribution in [0.1, 0.15) is 24.6 Å². The van der Waals surface area contributed by atoms with Gasteiger partial charge in [-0.05, 0) is 33.0 Å². The monoisotopic (exact) mass is 262 g/mol. The second kappa shape index (κ2) is 5.94. The van der Waals surface area contributed by atoms with E-state index in [1.54, 1.807) is 12.4 Å². The van der Waals surface area contributed by atoms with E-state index in [9.17, 15) is 0 Å². The van der Waals surface area contributed by atoms with E-state index in [1.165, 1.54) is 25.9 Å². The van der Waals surface area contributed by atoms with Crippen LogP contribution in [0.5, 0.6) is 0 Å². The number of hydrogen-bond acceptors (Lipinski definition) is 5. The van der Waals surface area contributed by atoms with Crippen LogP contribution in [0.25, 0.3) is 0 Å². The van der Waals surface area contributed by atoms with Crippen LogP contribution in [0, 0.1) is 0 Å². The normalized spacial score (nSPS) is 27.5. The smallest absolute Gasteiger partial charge is 0.114 e. The zero-order chi connectivity index (χ0) is 13.1. The van der Waals surface area contributed by atoms with Gasteiger partial charge in [0.2, 0.25) is 0 Å². The van der Waals surface area contributed by atoms with Crippen molar-refractivity contribution < 1.29 is 4.74 Å². The Kier molecular flexibility index (Phi) is 4.06. The van der Waals surface area contributed by atoms with Gasteiger partial charge < -0.3 is 9.64 Å². The molecule has 0 aliphatic carbocycles. The maximum absolute atomic E-state index is 5.85. The molecule has 3 rings (SSSR count). The van der Waals surface area contributed by atoms with Crippen molar-refractivity contribution in [2.24, 2.45) is 0 Å². The van der Waals surface area contributed by atoms with Crippen LogP contribution in [-0.2, 0) is 4.74 Å². The van der Waals surface area contributed by atoms with Gasteiger partial charge in [-0.25, -0.2) is 0 Å². The first-order valence-corrected chi connectivity index (χ1v) is 7.13. The second-order valence-electron chi connectivity index (χ2n) is 5.52. The van der Waals surface area contributed by atoms with Crippen LogP contribution < -0.4 is 0 Å². The van der Waals surface area contributed by atoms with Crippen molar-refractivity contribution in [3.8, 4) is 0 Å². The lowest BCUT2D eigenvalue weighted by molar-refractivity contribution is -0.0545. The van der Waals surface area contributed by atoms with Gasteiger partial charge in [-0.1, -0.05) is 0 Å². The Balaban J connectivity index is 1.62. The topological polar surface area (TPSA) is 41.5 Å². The maximum Gasteiger partial charge on any atom is 0.114 e. The number of aromatic nitrogens is 2. The van der Waals surface area contributed by atoms with Gasteiger partial charge in [0.05, 0.1) is 18.5 Å². The van der Waals surface area contributed by atoms with Gasteiger partial charge in [-0.3, -0.25) is 14.9 Å². The minimum atomic E-state index is 0.0853. The first kappa shape index (κ1) is 13.0. The predicted molar refractivity (Wildman–Crippen MR) is 72.8 cm³/mol. The molecular formula is C14H22N4O. The van der Waals surface area contributed by atoms with E-state index >= 15 is 0 Å². The van der Waals surface area contributed by atoms with Crippen LogP contribution in [0.15, 0.2) is 18.6 Å². The van der Waals surface area contributed by atoms with Gasteiger partial charge in [0.25, 0.3) is 0 Å². The quantitative estimate of drug-likeness (QED) is 0.793. The summed E-state index contributed by atoms with van der Waals surface area (Å²) >= 11 is 0. The Bertz CT molecular complexity index is 392. The van der Waals surface area contributed by atoms with Crippen molar-refractivity contribution in [2.75, 3.05) is 39.8 Å². The summed E-state index contributed by atoms with van der Waals surface area (Å²) in [5.41, 5.74) is 0.958. The van der Waals surface area contributed by atoms with Gasteiger partial charge >= 0.3 is 0 Å². The number of piperidine rings is 1. The summed E-state index contributed by atoms with van der Waals surface area (Å²) in [5.74, 6) is 0. The Hall–Kier alpha value is -1.04. The highest BCUT2D eigenvalue weighted by Crippen LogP contribution is 2.24. The molecule has 104 valence electrons. The Morgan fingerprint density at radius 1 is 1.21 bits per heavy atom. The molecule has 5 heteroatoms. The predicted octanol–water partition coefficient (Wildman–Crippen LogP) is 0.944. The molecule has 5 nitrogen and oxygen atoms in total. The van der Waals surface area contributed by atoms with Crippen molar-refractivity contribution in [1.82, 2.24) is 19.8 Å². The number of hydrogen-bond donors (Lipinski definition) is 0. The molecule has 1 aromatic heterocycles. The summed E-state index contributed by atoms with van der Waals surface area (Å²) in [5, 5.41) is 0. The van der Waals surface area contributed by atoms with Crippen molar-refractivity contribution in [1.29, 1.82) is 0 Å². The fraction of sp³-hybridized carbons (Fsp3) is 0.714. The lowest BCUT2D eigenvalue weighted by atomic mass is 10.0.